The zero-order chi connectivity index (χ0) is 18.9. The summed E-state index contributed by atoms with van der Waals surface area (Å²) in [6.45, 7) is 1.45. The summed E-state index contributed by atoms with van der Waals surface area (Å²) < 4.78 is 24.5. The summed E-state index contributed by atoms with van der Waals surface area (Å²) in [5, 5.41) is 2.77. The van der Waals surface area contributed by atoms with Crippen LogP contribution in [0.1, 0.15) is 31.2 Å². The first kappa shape index (κ1) is 19.2. The van der Waals surface area contributed by atoms with Gasteiger partial charge in [-0.05, 0) is 55.2 Å². The molecular formula is C22H26FNO3. The standard InChI is InChI=1S/C22H26FNO3/c23-20-8-4-5-9-21(20)26-15-18-10-12-19(13-11-18)16-27-22(25)24-14-17-6-2-1-3-7-17/h1-9,18-19H,10-16H2,(H,24,25). The molecule has 0 spiro atoms. The van der Waals surface area contributed by atoms with Gasteiger partial charge in [-0.1, -0.05) is 42.5 Å². The molecule has 1 fully saturated rings. The number of carbonyl (C=O) groups is 1. The third-order valence-electron chi connectivity index (χ3n) is 5.01. The molecular weight excluding hydrogens is 345 g/mol. The Morgan fingerprint density at radius 3 is 2.26 bits per heavy atom. The number of halogens is 1. The summed E-state index contributed by atoms with van der Waals surface area (Å²) in [6.07, 6.45) is 3.64. The maximum atomic E-state index is 13.6. The molecule has 0 saturated heterocycles. The minimum Gasteiger partial charge on any atom is -0.490 e. The van der Waals surface area contributed by atoms with Gasteiger partial charge in [-0.15, -0.1) is 0 Å². The number of alkyl carbamates (subject to hydrolysis) is 1. The number of ether oxygens (including phenoxy) is 2. The van der Waals surface area contributed by atoms with Crippen molar-refractivity contribution in [3.63, 3.8) is 0 Å². The van der Waals surface area contributed by atoms with Crippen LogP contribution in [-0.2, 0) is 11.3 Å². The van der Waals surface area contributed by atoms with Crippen molar-refractivity contribution in [3.8, 4) is 5.75 Å². The SMILES string of the molecule is O=C(NCc1ccccc1)OCC1CCC(COc2ccccc2F)CC1. The van der Waals surface area contributed by atoms with E-state index in [1.807, 2.05) is 30.3 Å². The highest BCUT2D eigenvalue weighted by molar-refractivity contribution is 5.67. The summed E-state index contributed by atoms with van der Waals surface area (Å²) in [5.41, 5.74) is 1.05. The van der Waals surface area contributed by atoms with Gasteiger partial charge in [-0.25, -0.2) is 9.18 Å². The second kappa shape index (κ2) is 9.95. The van der Waals surface area contributed by atoms with Crippen molar-refractivity contribution < 1.29 is 18.7 Å². The van der Waals surface area contributed by atoms with Crippen molar-refractivity contribution in [2.45, 2.75) is 32.2 Å². The van der Waals surface area contributed by atoms with Crippen molar-refractivity contribution in [3.05, 3.63) is 66.0 Å². The van der Waals surface area contributed by atoms with E-state index < -0.39 is 0 Å². The molecule has 0 atom stereocenters. The van der Waals surface area contributed by atoms with E-state index in [9.17, 15) is 9.18 Å². The zero-order valence-corrected chi connectivity index (χ0v) is 15.4. The number of rotatable bonds is 7. The average Bonchev–Trinajstić information content (AvgIpc) is 2.72. The van der Waals surface area contributed by atoms with E-state index >= 15 is 0 Å². The van der Waals surface area contributed by atoms with Crippen LogP contribution in [0, 0.1) is 17.7 Å². The molecule has 2 aromatic rings. The van der Waals surface area contributed by atoms with Gasteiger partial charge in [0, 0.05) is 6.54 Å². The molecule has 4 nitrogen and oxygen atoms in total. The Balaban J connectivity index is 1.30. The van der Waals surface area contributed by atoms with E-state index in [1.165, 1.54) is 6.07 Å². The summed E-state index contributed by atoms with van der Waals surface area (Å²) in [5.74, 6) is 0.809. The van der Waals surface area contributed by atoms with Crippen LogP contribution >= 0.6 is 0 Å². The largest absolute Gasteiger partial charge is 0.490 e. The molecule has 3 rings (SSSR count). The average molecular weight is 371 g/mol. The number of carbonyl (C=O) groups excluding carboxylic acids is 1. The summed E-state index contributed by atoms with van der Waals surface area (Å²) in [6, 6.07) is 16.2. The molecule has 1 aliphatic carbocycles. The highest BCUT2D eigenvalue weighted by atomic mass is 19.1. The number of benzene rings is 2. The Kier molecular flexibility index (Phi) is 7.08. The topological polar surface area (TPSA) is 47.6 Å². The molecule has 1 saturated carbocycles. The van der Waals surface area contributed by atoms with Crippen molar-refractivity contribution in [1.29, 1.82) is 0 Å². The molecule has 0 radical (unpaired) electrons. The molecule has 5 heteroatoms. The minimum absolute atomic E-state index is 0.318. The Morgan fingerprint density at radius 2 is 1.56 bits per heavy atom. The van der Waals surface area contributed by atoms with Gasteiger partial charge >= 0.3 is 6.09 Å². The maximum Gasteiger partial charge on any atom is 0.407 e. The van der Waals surface area contributed by atoms with Crippen molar-refractivity contribution in [1.82, 2.24) is 5.32 Å². The Morgan fingerprint density at radius 1 is 0.926 bits per heavy atom. The van der Waals surface area contributed by atoms with Gasteiger partial charge in [0.2, 0.25) is 0 Å². The lowest BCUT2D eigenvalue weighted by molar-refractivity contribution is 0.100. The molecule has 1 amide bonds. The van der Waals surface area contributed by atoms with Crippen LogP contribution in [-0.4, -0.2) is 19.3 Å². The van der Waals surface area contributed by atoms with Gasteiger partial charge in [0.25, 0.3) is 0 Å². The van der Waals surface area contributed by atoms with Crippen LogP contribution in [0.3, 0.4) is 0 Å². The van der Waals surface area contributed by atoms with Gasteiger partial charge in [0.15, 0.2) is 11.6 Å². The normalized spacial score (nSPS) is 19.3. The molecule has 144 valence electrons. The highest BCUT2D eigenvalue weighted by Crippen LogP contribution is 2.30. The van der Waals surface area contributed by atoms with E-state index in [2.05, 4.69) is 5.32 Å². The summed E-state index contributed by atoms with van der Waals surface area (Å²) in [4.78, 5) is 11.8. The van der Waals surface area contributed by atoms with E-state index in [0.717, 1.165) is 31.2 Å². The maximum absolute atomic E-state index is 13.6. The van der Waals surface area contributed by atoms with Crippen molar-refractivity contribution >= 4 is 6.09 Å². The molecule has 0 aromatic heterocycles. The quantitative estimate of drug-likeness (QED) is 0.750. The Labute approximate surface area is 159 Å². The smallest absolute Gasteiger partial charge is 0.407 e. The number of hydrogen-bond donors (Lipinski definition) is 1. The fraction of sp³-hybridized carbons (Fsp3) is 0.409. The molecule has 2 aromatic carbocycles. The highest BCUT2D eigenvalue weighted by Gasteiger charge is 2.23. The minimum atomic E-state index is -0.371. The second-order valence-electron chi connectivity index (χ2n) is 7.07. The van der Waals surface area contributed by atoms with E-state index in [1.54, 1.807) is 18.2 Å². The first-order chi connectivity index (χ1) is 13.2. The van der Waals surface area contributed by atoms with Crippen molar-refractivity contribution in [2.24, 2.45) is 11.8 Å². The van der Waals surface area contributed by atoms with Gasteiger partial charge < -0.3 is 14.8 Å². The van der Waals surface area contributed by atoms with Crippen LogP contribution in [0.15, 0.2) is 54.6 Å². The fourth-order valence-electron chi connectivity index (χ4n) is 3.35. The Bertz CT molecular complexity index is 715. The van der Waals surface area contributed by atoms with E-state index in [0.29, 0.717) is 37.3 Å². The lowest BCUT2D eigenvalue weighted by atomic mass is 9.83. The third-order valence-corrected chi connectivity index (χ3v) is 5.01. The first-order valence-corrected chi connectivity index (χ1v) is 9.52. The fourth-order valence-corrected chi connectivity index (χ4v) is 3.35. The van der Waals surface area contributed by atoms with Crippen molar-refractivity contribution in [2.75, 3.05) is 13.2 Å². The number of nitrogens with one attached hydrogen (secondary N) is 1. The molecule has 1 aliphatic rings. The number of para-hydroxylation sites is 1. The predicted molar refractivity (Wildman–Crippen MR) is 102 cm³/mol. The van der Waals surface area contributed by atoms with E-state index in [4.69, 9.17) is 9.47 Å². The van der Waals surface area contributed by atoms with Gasteiger partial charge in [-0.2, -0.15) is 0 Å². The number of amides is 1. The first-order valence-electron chi connectivity index (χ1n) is 9.52. The summed E-state index contributed by atoms with van der Waals surface area (Å²) in [7, 11) is 0. The predicted octanol–water partition coefficient (Wildman–Crippen LogP) is 4.94. The second-order valence-corrected chi connectivity index (χ2v) is 7.07. The lowest BCUT2D eigenvalue weighted by Crippen LogP contribution is -2.28. The van der Waals surface area contributed by atoms with Gasteiger partial charge in [0.05, 0.1) is 13.2 Å². The molecule has 0 aliphatic heterocycles. The van der Waals surface area contributed by atoms with E-state index in [-0.39, 0.29) is 11.9 Å². The molecule has 0 bridgehead atoms. The van der Waals surface area contributed by atoms with Gasteiger partial charge in [0.1, 0.15) is 0 Å². The summed E-state index contributed by atoms with van der Waals surface area (Å²) >= 11 is 0. The molecule has 1 N–H and O–H groups in total. The van der Waals surface area contributed by atoms with Crippen LogP contribution in [0.5, 0.6) is 5.75 Å². The van der Waals surface area contributed by atoms with Crippen LogP contribution in [0.2, 0.25) is 0 Å². The lowest BCUT2D eigenvalue weighted by Gasteiger charge is -2.28. The monoisotopic (exact) mass is 371 g/mol. The van der Waals surface area contributed by atoms with Gasteiger partial charge in [-0.3, -0.25) is 0 Å². The zero-order valence-electron chi connectivity index (χ0n) is 15.4. The van der Waals surface area contributed by atoms with Crippen LogP contribution < -0.4 is 10.1 Å². The Hall–Kier alpha value is -2.56. The number of hydrogen-bond acceptors (Lipinski definition) is 3. The molecule has 0 unspecified atom stereocenters. The third kappa shape index (κ3) is 6.27. The molecule has 0 heterocycles. The van der Waals surface area contributed by atoms with Crippen LogP contribution in [0.25, 0.3) is 0 Å². The molecule has 27 heavy (non-hydrogen) atoms. The van der Waals surface area contributed by atoms with Crippen LogP contribution in [0.4, 0.5) is 9.18 Å².